The van der Waals surface area contributed by atoms with Crippen LogP contribution >= 0.6 is 0 Å². The number of carboxylic acids is 1. The highest BCUT2D eigenvalue weighted by Gasteiger charge is 2.31. The topological polar surface area (TPSA) is 108 Å². The van der Waals surface area contributed by atoms with E-state index in [0.717, 1.165) is 37.0 Å². The normalized spacial score (nSPS) is 11.0. The number of aryl methyl sites for hydroxylation is 1. The molecule has 8 nitrogen and oxygen atoms in total. The summed E-state index contributed by atoms with van der Waals surface area (Å²) in [7, 11) is 0. The number of carboxylic acid groups (broad SMARTS) is 1. The van der Waals surface area contributed by atoms with Gasteiger partial charge in [-0.2, -0.15) is 0 Å². The third-order valence-corrected chi connectivity index (χ3v) is 5.83. The molecule has 0 aliphatic heterocycles. The number of halogens is 3. The molecule has 3 aromatic carbocycles. The van der Waals surface area contributed by atoms with Crippen molar-refractivity contribution in [2.45, 2.75) is 45.5 Å². The quantitative estimate of drug-likeness (QED) is 0.240. The number of aliphatic carboxylic acids is 1. The zero-order valence-corrected chi connectivity index (χ0v) is 21.8. The van der Waals surface area contributed by atoms with Gasteiger partial charge in [0.1, 0.15) is 5.75 Å². The van der Waals surface area contributed by atoms with Crippen LogP contribution in [0.2, 0.25) is 0 Å². The van der Waals surface area contributed by atoms with Gasteiger partial charge in [-0.3, -0.25) is 14.5 Å². The number of benzene rings is 3. The first-order chi connectivity index (χ1) is 19.0. The smallest absolute Gasteiger partial charge is 0.481 e. The molecule has 3 rings (SSSR count). The molecule has 0 aromatic heterocycles. The van der Waals surface area contributed by atoms with Gasteiger partial charge in [-0.15, -0.1) is 13.2 Å². The molecule has 212 valence electrons. The number of carbonyl (C=O) groups is 3. The lowest BCUT2D eigenvalue weighted by atomic mass is 10.1. The Hall–Kier alpha value is -4.54. The average Bonchev–Trinajstić information content (AvgIpc) is 2.91. The standard InChI is InChI=1S/C29H30F3N3O5/c1-2-3-4-20-7-13-24(14-8-20)35(28(39)34-23-11-15-25(16-12-23)40-29(30,31)32)19-21-5-9-22(10-6-21)27(38)33-18-17-26(36)37/h5-16H,2-4,17-19H2,1H3,(H,33,38)(H,34,39)(H,36,37). The van der Waals surface area contributed by atoms with Crippen LogP contribution in [-0.4, -0.2) is 35.9 Å². The number of anilines is 2. The van der Waals surface area contributed by atoms with Crippen molar-refractivity contribution in [3.63, 3.8) is 0 Å². The Balaban J connectivity index is 1.76. The number of amides is 3. The minimum Gasteiger partial charge on any atom is -0.481 e. The summed E-state index contributed by atoms with van der Waals surface area (Å²) in [4.78, 5) is 37.7. The van der Waals surface area contributed by atoms with E-state index in [9.17, 15) is 27.6 Å². The van der Waals surface area contributed by atoms with Crippen LogP contribution < -0.4 is 20.3 Å². The fourth-order valence-corrected chi connectivity index (χ4v) is 3.76. The molecule has 0 aliphatic carbocycles. The van der Waals surface area contributed by atoms with Crippen molar-refractivity contribution in [2.75, 3.05) is 16.8 Å². The molecule has 0 unspecified atom stereocenters. The van der Waals surface area contributed by atoms with E-state index >= 15 is 0 Å². The van der Waals surface area contributed by atoms with E-state index < -0.39 is 30.0 Å². The Kier molecular flexibility index (Phi) is 10.5. The predicted molar refractivity (Wildman–Crippen MR) is 144 cm³/mol. The van der Waals surface area contributed by atoms with Crippen LogP contribution in [0.25, 0.3) is 0 Å². The maximum Gasteiger partial charge on any atom is 0.573 e. The number of nitrogens with one attached hydrogen (secondary N) is 2. The molecule has 3 aromatic rings. The lowest BCUT2D eigenvalue weighted by molar-refractivity contribution is -0.274. The van der Waals surface area contributed by atoms with Gasteiger partial charge in [0.2, 0.25) is 0 Å². The van der Waals surface area contributed by atoms with Crippen LogP contribution in [0.15, 0.2) is 72.8 Å². The third kappa shape index (κ3) is 9.64. The molecule has 0 radical (unpaired) electrons. The van der Waals surface area contributed by atoms with Gasteiger partial charge < -0.3 is 20.5 Å². The zero-order valence-electron chi connectivity index (χ0n) is 21.8. The first kappa shape index (κ1) is 30.0. The second-order valence-electron chi connectivity index (χ2n) is 8.96. The van der Waals surface area contributed by atoms with E-state index in [4.69, 9.17) is 5.11 Å². The van der Waals surface area contributed by atoms with E-state index in [1.807, 2.05) is 24.3 Å². The van der Waals surface area contributed by atoms with Gasteiger partial charge in [-0.1, -0.05) is 37.6 Å². The zero-order chi connectivity index (χ0) is 29.1. The number of alkyl halides is 3. The van der Waals surface area contributed by atoms with Crippen LogP contribution in [0, 0.1) is 0 Å². The van der Waals surface area contributed by atoms with Crippen LogP contribution in [0.4, 0.5) is 29.3 Å². The van der Waals surface area contributed by atoms with Crippen LogP contribution in [0.1, 0.15) is 47.7 Å². The predicted octanol–water partition coefficient (Wildman–Crippen LogP) is 6.37. The molecule has 0 atom stereocenters. The van der Waals surface area contributed by atoms with Crippen molar-refractivity contribution in [3.8, 4) is 5.75 Å². The van der Waals surface area contributed by atoms with Gasteiger partial charge in [0.25, 0.3) is 5.91 Å². The molecular formula is C29H30F3N3O5. The van der Waals surface area contributed by atoms with Crippen molar-refractivity contribution in [2.24, 2.45) is 0 Å². The average molecular weight is 558 g/mol. The maximum absolute atomic E-state index is 13.3. The number of rotatable bonds is 12. The molecule has 0 bridgehead atoms. The maximum atomic E-state index is 13.3. The molecular weight excluding hydrogens is 527 g/mol. The molecule has 40 heavy (non-hydrogen) atoms. The Morgan fingerprint density at radius 3 is 2.10 bits per heavy atom. The SMILES string of the molecule is CCCCc1ccc(N(Cc2ccc(C(=O)NCCC(=O)O)cc2)C(=O)Nc2ccc(OC(F)(F)F)cc2)cc1. The van der Waals surface area contributed by atoms with Gasteiger partial charge in [0, 0.05) is 23.5 Å². The first-order valence-corrected chi connectivity index (χ1v) is 12.7. The summed E-state index contributed by atoms with van der Waals surface area (Å²) in [6.45, 7) is 2.24. The Morgan fingerprint density at radius 1 is 0.900 bits per heavy atom. The second-order valence-corrected chi connectivity index (χ2v) is 8.96. The highest BCUT2D eigenvalue weighted by molar-refractivity contribution is 6.01. The van der Waals surface area contributed by atoms with Crippen LogP contribution in [0.5, 0.6) is 5.75 Å². The Morgan fingerprint density at radius 2 is 1.52 bits per heavy atom. The summed E-state index contributed by atoms with van der Waals surface area (Å²) in [5.41, 5.74) is 3.06. The Bertz CT molecular complexity index is 1280. The van der Waals surface area contributed by atoms with Gasteiger partial charge in [-0.05, 0) is 72.5 Å². The highest BCUT2D eigenvalue weighted by atomic mass is 19.4. The molecule has 0 heterocycles. The van der Waals surface area contributed by atoms with Gasteiger partial charge in [0.05, 0.1) is 13.0 Å². The lowest BCUT2D eigenvalue weighted by Crippen LogP contribution is -2.34. The van der Waals surface area contributed by atoms with Gasteiger partial charge in [0.15, 0.2) is 0 Å². The third-order valence-electron chi connectivity index (χ3n) is 5.83. The van der Waals surface area contributed by atoms with Crippen molar-refractivity contribution >= 4 is 29.3 Å². The number of nitrogens with zero attached hydrogens (tertiary/aromatic N) is 1. The van der Waals surface area contributed by atoms with Crippen LogP contribution in [0.3, 0.4) is 0 Å². The summed E-state index contributed by atoms with van der Waals surface area (Å²) in [5.74, 6) is -1.84. The highest BCUT2D eigenvalue weighted by Crippen LogP contribution is 2.25. The number of ether oxygens (including phenoxy) is 1. The van der Waals surface area contributed by atoms with E-state index in [1.54, 1.807) is 24.3 Å². The molecule has 0 saturated heterocycles. The number of hydrogen-bond acceptors (Lipinski definition) is 4. The summed E-state index contributed by atoms with van der Waals surface area (Å²) in [6.07, 6.45) is -2.02. The molecule has 3 N–H and O–H groups in total. The minimum absolute atomic E-state index is 0.00142. The van der Waals surface area contributed by atoms with Crippen LogP contribution in [-0.2, 0) is 17.8 Å². The van der Waals surface area contributed by atoms with Gasteiger partial charge >= 0.3 is 18.4 Å². The molecule has 0 spiro atoms. The first-order valence-electron chi connectivity index (χ1n) is 12.7. The summed E-state index contributed by atoms with van der Waals surface area (Å²) in [6, 6.07) is 18.4. The molecule has 11 heteroatoms. The minimum atomic E-state index is -4.82. The van der Waals surface area contributed by atoms with E-state index in [-0.39, 0.29) is 25.2 Å². The van der Waals surface area contributed by atoms with Crippen molar-refractivity contribution in [1.82, 2.24) is 5.32 Å². The van der Waals surface area contributed by atoms with E-state index in [2.05, 4.69) is 22.3 Å². The number of urea groups is 1. The fraction of sp³-hybridized carbons (Fsp3) is 0.276. The summed E-state index contributed by atoms with van der Waals surface area (Å²) >= 11 is 0. The largest absolute Gasteiger partial charge is 0.573 e. The summed E-state index contributed by atoms with van der Waals surface area (Å²) < 4.78 is 41.3. The second kappa shape index (κ2) is 14.0. The van der Waals surface area contributed by atoms with Gasteiger partial charge in [-0.25, -0.2) is 4.79 Å². The molecule has 3 amide bonds. The number of carbonyl (C=O) groups excluding carboxylic acids is 2. The monoisotopic (exact) mass is 557 g/mol. The molecule has 0 aliphatic rings. The van der Waals surface area contributed by atoms with Crippen molar-refractivity contribution < 1.29 is 37.4 Å². The molecule has 0 saturated carbocycles. The lowest BCUT2D eigenvalue weighted by Gasteiger charge is -2.24. The number of hydrogen-bond donors (Lipinski definition) is 3. The molecule has 0 fully saturated rings. The number of unbranched alkanes of at least 4 members (excludes halogenated alkanes) is 1. The van der Waals surface area contributed by atoms with Crippen molar-refractivity contribution in [1.29, 1.82) is 0 Å². The Labute approximate surface area is 229 Å². The van der Waals surface area contributed by atoms with E-state index in [1.165, 1.54) is 17.0 Å². The summed E-state index contributed by atoms with van der Waals surface area (Å²) in [5, 5.41) is 14.0. The fourth-order valence-electron chi connectivity index (χ4n) is 3.76. The van der Waals surface area contributed by atoms with E-state index in [0.29, 0.717) is 16.8 Å². The van der Waals surface area contributed by atoms with Crippen molar-refractivity contribution in [3.05, 3.63) is 89.5 Å².